The Labute approximate surface area is 502 Å². The van der Waals surface area contributed by atoms with Crippen LogP contribution >= 0.6 is 23.2 Å². The first kappa shape index (κ1) is 58.6. The predicted molar refractivity (Wildman–Crippen MR) is 308 cm³/mol. The Balaban J connectivity index is 0.792. The summed E-state index contributed by atoms with van der Waals surface area (Å²) in [5.41, 5.74) is 0.482. The molecule has 2 unspecified atom stereocenters. The number of hydrogen-bond donors (Lipinski definition) is 0. The lowest BCUT2D eigenvalue weighted by molar-refractivity contribution is 0.0397. The average Bonchev–Trinajstić information content (AvgIpc) is 1.92. The molecule has 444 valence electrons. The normalized spacial score (nSPS) is 16.2. The molecule has 2 aliphatic heterocycles. The van der Waals surface area contributed by atoms with Gasteiger partial charge in [0.05, 0.1) is 93.1 Å². The molecular weight excluding hydrogens is 1180 g/mol. The Morgan fingerprint density at radius 2 is 0.966 bits per heavy atom. The molecule has 0 saturated carbocycles. The highest BCUT2D eigenvalue weighted by Gasteiger charge is 2.41. The monoisotopic (exact) mass is 1230 g/mol. The predicted octanol–water partition coefficient (Wildman–Crippen LogP) is 14.0. The van der Waals surface area contributed by atoms with Crippen LogP contribution in [-0.2, 0) is 40.3 Å². The quantitative estimate of drug-likeness (QED) is 0.0510. The highest BCUT2D eigenvalue weighted by Crippen LogP contribution is 2.43. The van der Waals surface area contributed by atoms with Crippen molar-refractivity contribution in [1.82, 2.24) is 39.0 Å². The minimum Gasteiger partial charge on any atom is -0.471 e. The lowest BCUT2D eigenvalue weighted by Crippen LogP contribution is -2.27. The van der Waals surface area contributed by atoms with Gasteiger partial charge >= 0.3 is 11.9 Å². The number of halogens is 8. The zero-order valence-corrected chi connectivity index (χ0v) is 48.3. The zero-order valence-electron chi connectivity index (χ0n) is 46.8. The van der Waals surface area contributed by atoms with E-state index in [0.717, 1.165) is 36.4 Å². The van der Waals surface area contributed by atoms with E-state index in [9.17, 15) is 18.4 Å². The SMILES string of the molecule is CC1(C)COCC1n1c(Cc2cc(F)c(-c3cccc(OCc4ncc(Cl)cc4F)n3)cc2F)nc2ccc(C(=O)OC(=O)c3ccc4nc(Cc5cc(F)c(-c6cccc(OCc7ncc(Cl)cc7F)n6)cc5F)n(C5COCC5(C)C)c4c3)cc21. The molecule has 4 aromatic carbocycles. The molecule has 6 aromatic heterocycles. The van der Waals surface area contributed by atoms with E-state index in [0.29, 0.717) is 46.9 Å². The number of fused-ring (bicyclic) bond motifs is 2. The number of aromatic nitrogens is 8. The molecule has 0 radical (unpaired) electrons. The Kier molecular flexibility index (Phi) is 15.8. The van der Waals surface area contributed by atoms with E-state index in [-0.39, 0.29) is 129 Å². The van der Waals surface area contributed by atoms with Crippen LogP contribution in [0.2, 0.25) is 10.0 Å². The summed E-state index contributed by atoms with van der Waals surface area (Å²) < 4.78 is 126. The van der Waals surface area contributed by atoms with E-state index in [4.69, 9.17) is 56.9 Å². The summed E-state index contributed by atoms with van der Waals surface area (Å²) in [6.45, 7) is 8.59. The first-order valence-electron chi connectivity index (χ1n) is 27.4. The fourth-order valence-electron chi connectivity index (χ4n) is 10.9. The minimum atomic E-state index is -0.987. The third-order valence-electron chi connectivity index (χ3n) is 15.6. The summed E-state index contributed by atoms with van der Waals surface area (Å²) in [4.78, 5) is 54.4. The lowest BCUT2D eigenvalue weighted by atomic mass is 9.87. The second-order valence-corrected chi connectivity index (χ2v) is 23.5. The van der Waals surface area contributed by atoms with Crippen LogP contribution in [0.3, 0.4) is 0 Å². The number of rotatable bonds is 16. The van der Waals surface area contributed by atoms with Crippen LogP contribution in [-0.4, -0.2) is 77.4 Å². The Morgan fingerprint density at radius 3 is 1.36 bits per heavy atom. The third-order valence-corrected chi connectivity index (χ3v) is 16.0. The number of ether oxygens (including phenoxy) is 5. The molecule has 0 bridgehead atoms. The topological polar surface area (TPSA) is 167 Å². The van der Waals surface area contributed by atoms with Crippen LogP contribution in [0.1, 0.15) is 94.7 Å². The molecule has 2 atom stereocenters. The van der Waals surface area contributed by atoms with Gasteiger partial charge in [-0.1, -0.05) is 63.0 Å². The van der Waals surface area contributed by atoms with E-state index in [1.54, 1.807) is 12.1 Å². The largest absolute Gasteiger partial charge is 0.471 e. The molecule has 0 spiro atoms. The summed E-state index contributed by atoms with van der Waals surface area (Å²) in [5, 5.41) is 0.227. The molecule has 15 nitrogen and oxygen atoms in total. The van der Waals surface area contributed by atoms with Crippen LogP contribution in [0.25, 0.3) is 44.6 Å². The van der Waals surface area contributed by atoms with E-state index < -0.39 is 57.7 Å². The minimum absolute atomic E-state index is 0.00568. The van der Waals surface area contributed by atoms with Crippen LogP contribution in [0.15, 0.2) is 122 Å². The number of carbonyl (C=O) groups is 2. The molecule has 12 rings (SSSR count). The molecule has 8 heterocycles. The summed E-state index contributed by atoms with van der Waals surface area (Å²) in [5.74, 6) is -5.68. The first-order valence-corrected chi connectivity index (χ1v) is 28.1. The van der Waals surface area contributed by atoms with Gasteiger partial charge in [0.25, 0.3) is 0 Å². The van der Waals surface area contributed by atoms with Gasteiger partial charge in [-0.25, -0.2) is 55.9 Å². The van der Waals surface area contributed by atoms with Gasteiger partial charge in [-0.3, -0.25) is 9.97 Å². The van der Waals surface area contributed by atoms with Crippen molar-refractivity contribution in [2.24, 2.45) is 10.8 Å². The fourth-order valence-corrected chi connectivity index (χ4v) is 11.2. The summed E-state index contributed by atoms with van der Waals surface area (Å²) in [6.07, 6.45) is 2.19. The van der Waals surface area contributed by atoms with Gasteiger partial charge in [0.2, 0.25) is 11.8 Å². The van der Waals surface area contributed by atoms with Gasteiger partial charge in [-0.15, -0.1) is 0 Å². The number of nitrogens with zero attached hydrogens (tertiary/aromatic N) is 8. The van der Waals surface area contributed by atoms with Gasteiger partial charge < -0.3 is 32.8 Å². The second kappa shape index (κ2) is 23.5. The second-order valence-electron chi connectivity index (χ2n) is 22.6. The van der Waals surface area contributed by atoms with Gasteiger partial charge in [0.15, 0.2) is 0 Å². The summed E-state index contributed by atoms with van der Waals surface area (Å²) >= 11 is 11.6. The number of carbonyl (C=O) groups excluding carboxylic acids is 2. The maximum absolute atomic E-state index is 16.3. The standard InChI is InChI=1S/C64H50Cl2F6N8O7/c1-63(2)31-83-29-55(63)79-53-17-33(11-13-49(53)75-57(79)19-35-15-43(69)39(23-41(35)67)47-7-5-9-59(77-47)85-27-51-45(71)21-37(65)25-73-51)61(81)87-62(82)34-12-14-50-54(18-34)80(56-30-84-32-64(56,3)4)58(76-50)20-36-16-44(70)40(24-42(36)68)48-8-6-10-60(78-48)86-28-52-46(72)22-38(66)26-74-52/h5-18,21-26,55-56H,19-20,27-32H2,1-4H3. The number of hydrogen-bond acceptors (Lipinski definition) is 13. The van der Waals surface area contributed by atoms with Gasteiger partial charge in [0, 0.05) is 59.3 Å². The van der Waals surface area contributed by atoms with Gasteiger partial charge in [-0.05, 0) is 96.1 Å². The Morgan fingerprint density at radius 1 is 0.540 bits per heavy atom. The zero-order chi connectivity index (χ0) is 61.1. The number of pyridine rings is 4. The first-order chi connectivity index (χ1) is 41.7. The van der Waals surface area contributed by atoms with Crippen LogP contribution < -0.4 is 9.47 Å². The van der Waals surface area contributed by atoms with E-state index >= 15 is 17.6 Å². The summed E-state index contributed by atoms with van der Waals surface area (Å²) in [6, 6.07) is 23.8. The molecule has 23 heteroatoms. The molecule has 10 aromatic rings. The summed E-state index contributed by atoms with van der Waals surface area (Å²) in [7, 11) is 0. The van der Waals surface area contributed by atoms with Crippen molar-refractivity contribution < 1.29 is 59.6 Å². The van der Waals surface area contributed by atoms with Crippen molar-refractivity contribution in [2.45, 2.75) is 65.8 Å². The van der Waals surface area contributed by atoms with Crippen LogP contribution in [0, 0.1) is 45.7 Å². The molecule has 0 aliphatic carbocycles. The molecular formula is C64H50Cl2F6N8O7. The third kappa shape index (κ3) is 12.0. The Bertz CT molecular complexity index is 4120. The fraction of sp³-hybridized carbons (Fsp3) is 0.250. The molecule has 87 heavy (non-hydrogen) atoms. The van der Waals surface area contributed by atoms with Crippen molar-refractivity contribution in [3.05, 3.63) is 212 Å². The van der Waals surface area contributed by atoms with Crippen LogP contribution in [0.5, 0.6) is 11.8 Å². The molecule has 2 aliphatic rings. The van der Waals surface area contributed by atoms with Crippen molar-refractivity contribution in [1.29, 1.82) is 0 Å². The van der Waals surface area contributed by atoms with Gasteiger partial charge in [0.1, 0.15) is 71.2 Å². The van der Waals surface area contributed by atoms with Crippen molar-refractivity contribution >= 4 is 57.2 Å². The number of imidazole rings is 2. The highest BCUT2D eigenvalue weighted by atomic mass is 35.5. The number of esters is 2. The molecule has 0 N–H and O–H groups in total. The maximum atomic E-state index is 16.3. The Hall–Kier alpha value is -8.76. The van der Waals surface area contributed by atoms with E-state index in [2.05, 4.69) is 19.9 Å². The molecule has 2 saturated heterocycles. The van der Waals surface area contributed by atoms with Gasteiger partial charge in [-0.2, -0.15) is 0 Å². The lowest BCUT2D eigenvalue weighted by Gasteiger charge is -2.28. The van der Waals surface area contributed by atoms with Crippen molar-refractivity contribution in [3.8, 4) is 34.3 Å². The highest BCUT2D eigenvalue weighted by molar-refractivity contribution is 6.30. The van der Waals surface area contributed by atoms with Crippen LogP contribution in [0.4, 0.5) is 26.3 Å². The number of benzene rings is 4. The molecule has 0 amide bonds. The smallest absolute Gasteiger partial charge is 0.346 e. The van der Waals surface area contributed by atoms with Crippen molar-refractivity contribution in [2.75, 3.05) is 26.4 Å². The van der Waals surface area contributed by atoms with Crippen molar-refractivity contribution in [3.63, 3.8) is 0 Å². The average molecular weight is 1230 g/mol. The van der Waals surface area contributed by atoms with E-state index in [1.807, 2.05) is 36.8 Å². The maximum Gasteiger partial charge on any atom is 0.346 e. The van der Waals surface area contributed by atoms with E-state index in [1.165, 1.54) is 73.1 Å². The molecule has 2 fully saturated rings.